The number of imide groups is 1. The van der Waals surface area contributed by atoms with Crippen molar-refractivity contribution in [2.45, 2.75) is 19.3 Å². The third-order valence-corrected chi connectivity index (χ3v) is 7.44. The molecule has 0 radical (unpaired) electrons. The highest BCUT2D eigenvalue weighted by atomic mass is 16.5. The van der Waals surface area contributed by atoms with E-state index in [0.29, 0.717) is 28.8 Å². The number of nitrogens with zero attached hydrogens (tertiary/aromatic N) is 1. The van der Waals surface area contributed by atoms with Crippen LogP contribution >= 0.6 is 0 Å². The fourth-order valence-corrected chi connectivity index (χ4v) is 5.95. The average molecular weight is 437 g/mol. The molecule has 3 fully saturated rings. The SMILES string of the molecule is O=C(Oc1ccc(-c2ccccc2)cc1)c1cccc(N2C(=O)[C@@H]3[C@H]4CC[C@@H](C4)[C@H]3C2=O)c1. The Kier molecular flexibility index (Phi) is 4.64. The van der Waals surface area contributed by atoms with Gasteiger partial charge >= 0.3 is 5.97 Å². The zero-order valence-electron chi connectivity index (χ0n) is 18.0. The van der Waals surface area contributed by atoms with Gasteiger partial charge in [-0.1, -0.05) is 48.5 Å². The fraction of sp³-hybridized carbons (Fsp3) is 0.250. The Balaban J connectivity index is 1.20. The minimum Gasteiger partial charge on any atom is -0.423 e. The third kappa shape index (κ3) is 3.27. The molecule has 1 heterocycles. The number of fused-ring (bicyclic) bond motifs is 5. The third-order valence-electron chi connectivity index (χ3n) is 7.44. The van der Waals surface area contributed by atoms with Crippen LogP contribution in [0, 0.1) is 23.7 Å². The Labute approximate surface area is 192 Å². The van der Waals surface area contributed by atoms with E-state index in [9.17, 15) is 14.4 Å². The van der Waals surface area contributed by atoms with E-state index in [1.807, 2.05) is 42.5 Å². The van der Waals surface area contributed by atoms with Gasteiger partial charge in [0.25, 0.3) is 0 Å². The van der Waals surface area contributed by atoms with E-state index in [1.54, 1.807) is 36.4 Å². The monoisotopic (exact) mass is 437 g/mol. The van der Waals surface area contributed by atoms with Gasteiger partial charge in [-0.2, -0.15) is 0 Å². The number of carbonyl (C=O) groups is 3. The summed E-state index contributed by atoms with van der Waals surface area (Å²) >= 11 is 0. The fourth-order valence-electron chi connectivity index (χ4n) is 5.95. The number of ether oxygens (including phenoxy) is 1. The van der Waals surface area contributed by atoms with E-state index in [-0.39, 0.29) is 23.7 Å². The van der Waals surface area contributed by atoms with Crippen molar-refractivity contribution in [3.8, 4) is 16.9 Å². The Morgan fingerprint density at radius 3 is 2.06 bits per heavy atom. The van der Waals surface area contributed by atoms with E-state index >= 15 is 0 Å². The molecule has 5 heteroatoms. The van der Waals surface area contributed by atoms with Crippen LogP contribution in [0.3, 0.4) is 0 Å². The summed E-state index contributed by atoms with van der Waals surface area (Å²) in [6, 6.07) is 23.9. The van der Waals surface area contributed by atoms with E-state index in [2.05, 4.69) is 0 Å². The van der Waals surface area contributed by atoms with E-state index in [1.165, 1.54) is 4.90 Å². The topological polar surface area (TPSA) is 63.7 Å². The largest absolute Gasteiger partial charge is 0.423 e. The molecule has 3 aromatic carbocycles. The summed E-state index contributed by atoms with van der Waals surface area (Å²) < 4.78 is 5.55. The van der Waals surface area contributed by atoms with Gasteiger partial charge in [-0.05, 0) is 72.6 Å². The Morgan fingerprint density at radius 1 is 0.758 bits per heavy atom. The molecule has 0 N–H and O–H groups in total. The van der Waals surface area contributed by atoms with Crippen molar-refractivity contribution in [2.24, 2.45) is 23.7 Å². The molecule has 4 atom stereocenters. The maximum absolute atomic E-state index is 13.1. The molecule has 2 aliphatic carbocycles. The van der Waals surface area contributed by atoms with Crippen molar-refractivity contribution in [1.82, 2.24) is 0 Å². The quantitative estimate of drug-likeness (QED) is 0.323. The molecule has 164 valence electrons. The minimum atomic E-state index is -0.524. The number of rotatable bonds is 4. The van der Waals surface area contributed by atoms with Crippen molar-refractivity contribution in [3.63, 3.8) is 0 Å². The lowest BCUT2D eigenvalue weighted by molar-refractivity contribution is -0.123. The number of benzene rings is 3. The lowest BCUT2D eigenvalue weighted by atomic mass is 9.81. The van der Waals surface area contributed by atoms with E-state index < -0.39 is 5.97 Å². The second kappa shape index (κ2) is 7.69. The van der Waals surface area contributed by atoms with Gasteiger partial charge in [-0.15, -0.1) is 0 Å². The van der Waals surface area contributed by atoms with Crippen LogP contribution in [0.15, 0.2) is 78.9 Å². The van der Waals surface area contributed by atoms with Gasteiger partial charge in [0, 0.05) is 0 Å². The first-order chi connectivity index (χ1) is 16.1. The lowest BCUT2D eigenvalue weighted by Gasteiger charge is -2.19. The highest BCUT2D eigenvalue weighted by molar-refractivity contribution is 6.22. The second-order valence-corrected chi connectivity index (χ2v) is 9.23. The summed E-state index contributed by atoms with van der Waals surface area (Å²) in [6.07, 6.45) is 3.07. The highest BCUT2D eigenvalue weighted by Gasteiger charge is 2.61. The van der Waals surface area contributed by atoms with E-state index in [0.717, 1.165) is 30.4 Å². The lowest BCUT2D eigenvalue weighted by Crippen LogP contribution is -2.32. The molecular formula is C28H23NO4. The Hall–Kier alpha value is -3.73. The zero-order chi connectivity index (χ0) is 22.5. The van der Waals surface area contributed by atoms with Gasteiger partial charge in [-0.3, -0.25) is 14.5 Å². The van der Waals surface area contributed by atoms with Crippen LogP contribution in [-0.4, -0.2) is 17.8 Å². The average Bonchev–Trinajstić information content (AvgIpc) is 3.54. The van der Waals surface area contributed by atoms with Crippen LogP contribution < -0.4 is 9.64 Å². The van der Waals surface area contributed by atoms with E-state index in [4.69, 9.17) is 4.74 Å². The molecule has 0 spiro atoms. The number of hydrogen-bond acceptors (Lipinski definition) is 4. The molecular weight excluding hydrogens is 414 g/mol. The number of hydrogen-bond donors (Lipinski definition) is 0. The summed E-state index contributed by atoms with van der Waals surface area (Å²) in [7, 11) is 0. The van der Waals surface area contributed by atoms with Crippen molar-refractivity contribution < 1.29 is 19.1 Å². The predicted octanol–water partition coefficient (Wildman–Crippen LogP) is 5.11. The highest BCUT2D eigenvalue weighted by Crippen LogP contribution is 2.56. The van der Waals surface area contributed by atoms with Gasteiger partial charge in [0.2, 0.25) is 11.8 Å². The summed E-state index contributed by atoms with van der Waals surface area (Å²) in [6.45, 7) is 0. The summed E-state index contributed by atoms with van der Waals surface area (Å²) in [5.41, 5.74) is 2.87. The van der Waals surface area contributed by atoms with Crippen LogP contribution in [0.4, 0.5) is 5.69 Å². The molecule has 33 heavy (non-hydrogen) atoms. The first-order valence-electron chi connectivity index (χ1n) is 11.5. The Bertz CT molecular complexity index is 1220. The maximum Gasteiger partial charge on any atom is 0.343 e. The summed E-state index contributed by atoms with van der Waals surface area (Å²) in [5, 5.41) is 0. The predicted molar refractivity (Wildman–Crippen MR) is 124 cm³/mol. The summed E-state index contributed by atoms with van der Waals surface area (Å²) in [4.78, 5) is 40.3. The first kappa shape index (κ1) is 19.9. The molecule has 3 aromatic rings. The molecule has 6 rings (SSSR count). The molecule has 0 unspecified atom stereocenters. The molecule has 0 aromatic heterocycles. The molecule has 2 bridgehead atoms. The standard InChI is InChI=1S/C28H23NO4/c30-26-24-19-9-10-20(15-19)25(24)27(31)29(26)22-8-4-7-21(16-22)28(32)33-23-13-11-18(12-14-23)17-5-2-1-3-6-17/h1-8,11-14,16,19-20,24-25H,9-10,15H2/t19-,20-,24+,25+/m0/s1. The van der Waals surface area contributed by atoms with Crippen LogP contribution in [0.25, 0.3) is 11.1 Å². The second-order valence-electron chi connectivity index (χ2n) is 9.23. The smallest absolute Gasteiger partial charge is 0.343 e. The van der Waals surface area contributed by atoms with Crippen molar-refractivity contribution in [3.05, 3.63) is 84.4 Å². The number of carbonyl (C=O) groups excluding carboxylic acids is 3. The number of anilines is 1. The summed E-state index contributed by atoms with van der Waals surface area (Å²) in [5.74, 6) is -0.0292. The number of amides is 2. The van der Waals surface area contributed by atoms with Crippen molar-refractivity contribution in [1.29, 1.82) is 0 Å². The van der Waals surface area contributed by atoms with Crippen LogP contribution in [0.2, 0.25) is 0 Å². The molecule has 2 amide bonds. The molecule has 3 aliphatic rings. The molecule has 1 saturated heterocycles. The van der Waals surface area contributed by atoms with Gasteiger partial charge < -0.3 is 4.74 Å². The molecule has 5 nitrogen and oxygen atoms in total. The Morgan fingerprint density at radius 2 is 1.39 bits per heavy atom. The van der Waals surface area contributed by atoms with Crippen molar-refractivity contribution >= 4 is 23.5 Å². The molecule has 1 aliphatic heterocycles. The maximum atomic E-state index is 13.1. The van der Waals surface area contributed by atoms with Crippen molar-refractivity contribution in [2.75, 3.05) is 4.90 Å². The molecule has 2 saturated carbocycles. The normalized spacial score (nSPS) is 25.4. The van der Waals surface area contributed by atoms with Gasteiger partial charge in [-0.25, -0.2) is 4.79 Å². The van der Waals surface area contributed by atoms with Gasteiger partial charge in [0.05, 0.1) is 23.1 Å². The van der Waals surface area contributed by atoms with Crippen LogP contribution in [0.5, 0.6) is 5.75 Å². The van der Waals surface area contributed by atoms with Gasteiger partial charge in [0.15, 0.2) is 0 Å². The van der Waals surface area contributed by atoms with Gasteiger partial charge in [0.1, 0.15) is 5.75 Å². The van der Waals surface area contributed by atoms with Crippen LogP contribution in [0.1, 0.15) is 29.6 Å². The minimum absolute atomic E-state index is 0.112. The van der Waals surface area contributed by atoms with Crippen LogP contribution in [-0.2, 0) is 9.59 Å². The zero-order valence-corrected chi connectivity index (χ0v) is 18.0. The number of esters is 1. The first-order valence-corrected chi connectivity index (χ1v) is 11.5.